The molecule has 0 amide bonds. The molecule has 0 saturated heterocycles. The Bertz CT molecular complexity index is 638. The zero-order valence-corrected chi connectivity index (χ0v) is 11.4. The number of benzene rings is 2. The van der Waals surface area contributed by atoms with Gasteiger partial charge in [-0.3, -0.25) is 10.1 Å². The third-order valence-electron chi connectivity index (χ3n) is 3.19. The molecule has 0 bridgehead atoms. The van der Waals surface area contributed by atoms with Crippen molar-refractivity contribution in [1.82, 2.24) is 0 Å². The predicted molar refractivity (Wildman–Crippen MR) is 77.5 cm³/mol. The van der Waals surface area contributed by atoms with E-state index in [0.29, 0.717) is 12.4 Å². The first-order valence-electron chi connectivity index (χ1n) is 6.84. The van der Waals surface area contributed by atoms with E-state index in [4.69, 9.17) is 9.47 Å². The van der Waals surface area contributed by atoms with E-state index < -0.39 is 4.92 Å². The fourth-order valence-electron chi connectivity index (χ4n) is 1.94. The lowest BCUT2D eigenvalue weighted by molar-refractivity contribution is -0.386. The van der Waals surface area contributed by atoms with Crippen LogP contribution < -0.4 is 9.47 Å². The van der Waals surface area contributed by atoms with Crippen LogP contribution in [0.4, 0.5) is 5.69 Å². The van der Waals surface area contributed by atoms with Gasteiger partial charge in [0, 0.05) is 12.1 Å². The number of nitro groups is 1. The van der Waals surface area contributed by atoms with E-state index in [0.717, 1.165) is 18.4 Å². The van der Waals surface area contributed by atoms with Crippen LogP contribution in [-0.4, -0.2) is 11.0 Å². The minimum atomic E-state index is -0.432. The fraction of sp³-hybridized carbons (Fsp3) is 0.250. The molecular formula is C16H15NO4. The van der Waals surface area contributed by atoms with Gasteiger partial charge in [-0.2, -0.15) is 0 Å². The highest BCUT2D eigenvalue weighted by Crippen LogP contribution is 2.36. The van der Waals surface area contributed by atoms with Crippen LogP contribution in [0.2, 0.25) is 0 Å². The summed E-state index contributed by atoms with van der Waals surface area (Å²) in [7, 11) is 0. The maximum atomic E-state index is 11.0. The van der Waals surface area contributed by atoms with Crippen molar-refractivity contribution in [2.24, 2.45) is 0 Å². The second-order valence-electron chi connectivity index (χ2n) is 4.98. The molecule has 0 unspecified atom stereocenters. The van der Waals surface area contributed by atoms with Crippen molar-refractivity contribution < 1.29 is 14.4 Å². The van der Waals surface area contributed by atoms with Crippen molar-refractivity contribution in [2.75, 3.05) is 0 Å². The Kier molecular flexibility index (Phi) is 3.73. The molecule has 0 aromatic heterocycles. The molecular weight excluding hydrogens is 270 g/mol. The SMILES string of the molecule is O=[N+]([O-])c1ccc(OCc2ccccc2)cc1OC1CC1. The summed E-state index contributed by atoms with van der Waals surface area (Å²) in [4.78, 5) is 10.6. The van der Waals surface area contributed by atoms with Crippen molar-refractivity contribution in [2.45, 2.75) is 25.6 Å². The maximum absolute atomic E-state index is 11.0. The molecule has 108 valence electrons. The van der Waals surface area contributed by atoms with Gasteiger partial charge in [0.15, 0.2) is 0 Å². The Morgan fingerprint density at radius 3 is 2.57 bits per heavy atom. The lowest BCUT2D eigenvalue weighted by atomic mass is 10.2. The summed E-state index contributed by atoms with van der Waals surface area (Å²) in [5.74, 6) is 0.855. The number of rotatable bonds is 6. The van der Waals surface area contributed by atoms with Crippen molar-refractivity contribution in [3.63, 3.8) is 0 Å². The molecule has 0 aliphatic heterocycles. The highest BCUT2D eigenvalue weighted by atomic mass is 16.6. The average Bonchev–Trinajstić information content (AvgIpc) is 3.30. The third kappa shape index (κ3) is 3.51. The van der Waals surface area contributed by atoms with Gasteiger partial charge in [-0.1, -0.05) is 30.3 Å². The van der Waals surface area contributed by atoms with Crippen LogP contribution >= 0.6 is 0 Å². The van der Waals surface area contributed by atoms with Crippen molar-refractivity contribution in [3.8, 4) is 11.5 Å². The molecule has 0 N–H and O–H groups in total. The summed E-state index contributed by atoms with van der Waals surface area (Å²) in [6.45, 7) is 0.418. The van der Waals surface area contributed by atoms with Gasteiger partial charge in [-0.05, 0) is 24.5 Å². The molecule has 1 saturated carbocycles. The maximum Gasteiger partial charge on any atom is 0.311 e. The van der Waals surface area contributed by atoms with E-state index in [9.17, 15) is 10.1 Å². The largest absolute Gasteiger partial charge is 0.489 e. The summed E-state index contributed by atoms with van der Waals surface area (Å²) < 4.78 is 11.3. The van der Waals surface area contributed by atoms with Crippen LogP contribution in [0.15, 0.2) is 48.5 Å². The van der Waals surface area contributed by atoms with Gasteiger partial charge >= 0.3 is 5.69 Å². The Balaban J connectivity index is 1.74. The van der Waals surface area contributed by atoms with Gasteiger partial charge in [0.1, 0.15) is 12.4 Å². The molecule has 5 heteroatoms. The van der Waals surface area contributed by atoms with Crippen LogP contribution in [0.1, 0.15) is 18.4 Å². The van der Waals surface area contributed by atoms with E-state index in [1.807, 2.05) is 30.3 Å². The Morgan fingerprint density at radius 2 is 1.90 bits per heavy atom. The smallest absolute Gasteiger partial charge is 0.311 e. The molecule has 2 aromatic rings. The fourth-order valence-corrected chi connectivity index (χ4v) is 1.94. The zero-order chi connectivity index (χ0) is 14.7. The number of ether oxygens (including phenoxy) is 2. The number of hydrogen-bond acceptors (Lipinski definition) is 4. The van der Waals surface area contributed by atoms with Gasteiger partial charge < -0.3 is 9.47 Å². The minimum absolute atomic E-state index is 0.0195. The third-order valence-corrected chi connectivity index (χ3v) is 3.19. The summed E-state index contributed by atoms with van der Waals surface area (Å²) in [6, 6.07) is 14.4. The van der Waals surface area contributed by atoms with Crippen LogP contribution in [0.5, 0.6) is 11.5 Å². The molecule has 0 radical (unpaired) electrons. The quantitative estimate of drug-likeness (QED) is 0.599. The van der Waals surface area contributed by atoms with E-state index in [2.05, 4.69) is 0 Å². The Labute approximate surface area is 122 Å². The Hall–Kier alpha value is -2.56. The first-order chi connectivity index (χ1) is 10.2. The lowest BCUT2D eigenvalue weighted by Crippen LogP contribution is -2.01. The first-order valence-corrected chi connectivity index (χ1v) is 6.84. The second-order valence-corrected chi connectivity index (χ2v) is 4.98. The molecule has 3 rings (SSSR count). The zero-order valence-electron chi connectivity index (χ0n) is 11.4. The van der Waals surface area contributed by atoms with Gasteiger partial charge in [0.05, 0.1) is 11.0 Å². The van der Waals surface area contributed by atoms with Gasteiger partial charge in [-0.15, -0.1) is 0 Å². The molecule has 0 atom stereocenters. The highest BCUT2D eigenvalue weighted by Gasteiger charge is 2.27. The summed E-state index contributed by atoms with van der Waals surface area (Å²) in [5, 5.41) is 11.0. The van der Waals surface area contributed by atoms with Crippen LogP contribution in [0.25, 0.3) is 0 Å². The average molecular weight is 285 g/mol. The number of nitro benzene ring substituents is 1. The molecule has 1 fully saturated rings. The molecule has 0 spiro atoms. The van der Waals surface area contributed by atoms with Gasteiger partial charge in [0.25, 0.3) is 0 Å². The molecule has 5 nitrogen and oxygen atoms in total. The molecule has 2 aromatic carbocycles. The molecule has 1 aliphatic rings. The van der Waals surface area contributed by atoms with Crippen LogP contribution in [0, 0.1) is 10.1 Å². The van der Waals surface area contributed by atoms with Crippen molar-refractivity contribution in [1.29, 1.82) is 0 Å². The van der Waals surface area contributed by atoms with Gasteiger partial charge in [0.2, 0.25) is 5.75 Å². The van der Waals surface area contributed by atoms with E-state index >= 15 is 0 Å². The summed E-state index contributed by atoms with van der Waals surface area (Å²) in [6.07, 6.45) is 2.01. The summed E-state index contributed by atoms with van der Waals surface area (Å²) in [5.41, 5.74) is 1.02. The normalized spacial score (nSPS) is 13.7. The molecule has 0 heterocycles. The van der Waals surface area contributed by atoms with Crippen molar-refractivity contribution >= 4 is 5.69 Å². The van der Waals surface area contributed by atoms with Gasteiger partial charge in [-0.25, -0.2) is 0 Å². The second kappa shape index (κ2) is 5.83. The van der Waals surface area contributed by atoms with Crippen molar-refractivity contribution in [3.05, 3.63) is 64.2 Å². The lowest BCUT2D eigenvalue weighted by Gasteiger charge is -2.09. The van der Waals surface area contributed by atoms with E-state index in [1.165, 1.54) is 6.07 Å². The predicted octanol–water partition coefficient (Wildman–Crippen LogP) is 3.72. The topological polar surface area (TPSA) is 61.6 Å². The number of hydrogen-bond donors (Lipinski definition) is 0. The summed E-state index contributed by atoms with van der Waals surface area (Å²) >= 11 is 0. The van der Waals surface area contributed by atoms with E-state index in [1.54, 1.807) is 12.1 Å². The standard InChI is InChI=1S/C16H15NO4/c18-17(19)15-9-8-14(10-16(15)21-13-6-7-13)20-11-12-4-2-1-3-5-12/h1-5,8-10,13H,6-7,11H2. The van der Waals surface area contributed by atoms with E-state index in [-0.39, 0.29) is 17.5 Å². The van der Waals surface area contributed by atoms with Crippen LogP contribution in [0.3, 0.4) is 0 Å². The highest BCUT2D eigenvalue weighted by molar-refractivity contribution is 5.50. The molecule has 1 aliphatic carbocycles. The van der Waals surface area contributed by atoms with Crippen LogP contribution in [-0.2, 0) is 6.61 Å². The first kappa shape index (κ1) is 13.4. The Morgan fingerprint density at radius 1 is 1.14 bits per heavy atom. The minimum Gasteiger partial charge on any atom is -0.489 e. The monoisotopic (exact) mass is 285 g/mol. The number of nitrogens with zero attached hydrogens (tertiary/aromatic N) is 1. The molecule has 21 heavy (non-hydrogen) atoms.